The van der Waals surface area contributed by atoms with E-state index >= 15 is 0 Å². The Hall–Kier alpha value is -1.65. The summed E-state index contributed by atoms with van der Waals surface area (Å²) in [5.74, 6) is -1.30. The molecule has 1 atom stereocenters. The van der Waals surface area contributed by atoms with E-state index < -0.39 is 11.8 Å². The van der Waals surface area contributed by atoms with Crippen molar-refractivity contribution in [2.24, 2.45) is 5.92 Å². The zero-order chi connectivity index (χ0) is 17.4. The van der Waals surface area contributed by atoms with E-state index in [1.165, 1.54) is 25.7 Å². The first-order chi connectivity index (χ1) is 11.6. The minimum absolute atomic E-state index is 0.103. The summed E-state index contributed by atoms with van der Waals surface area (Å²) < 4.78 is 4.65. The highest BCUT2D eigenvalue weighted by atomic mass is 16.5. The molecule has 5 nitrogen and oxygen atoms in total. The van der Waals surface area contributed by atoms with Crippen LogP contribution < -0.4 is 0 Å². The normalized spacial score (nSPS) is 24.2. The van der Waals surface area contributed by atoms with E-state index in [1.54, 1.807) is 0 Å². The standard InChI is InChI=1S/C19H28O5/c20-15-10-8-6-4-2-1-3-5-7-9-14(15)11-12-16(21)18-17(22)13-24-19(18)23/h14,22H,1-13H2. The molecular formula is C19H28O5. The van der Waals surface area contributed by atoms with Crippen LogP contribution >= 0.6 is 0 Å². The summed E-state index contributed by atoms with van der Waals surface area (Å²) in [7, 11) is 0. The molecule has 24 heavy (non-hydrogen) atoms. The second kappa shape index (κ2) is 9.60. The Bertz CT molecular complexity index is 506. The number of ketones is 2. The molecule has 0 spiro atoms. The number of esters is 1. The second-order valence-corrected chi connectivity index (χ2v) is 6.89. The molecule has 0 amide bonds. The van der Waals surface area contributed by atoms with Crippen LogP contribution in [0.25, 0.3) is 0 Å². The number of hydrogen-bond donors (Lipinski definition) is 1. The van der Waals surface area contributed by atoms with Crippen molar-refractivity contribution in [2.45, 2.75) is 77.0 Å². The van der Waals surface area contributed by atoms with Gasteiger partial charge in [0.2, 0.25) is 0 Å². The average Bonchev–Trinajstić information content (AvgIpc) is 2.88. The van der Waals surface area contributed by atoms with Gasteiger partial charge in [0, 0.05) is 18.8 Å². The van der Waals surface area contributed by atoms with Crippen LogP contribution in [-0.2, 0) is 19.1 Å². The van der Waals surface area contributed by atoms with Gasteiger partial charge < -0.3 is 9.84 Å². The third-order valence-electron chi connectivity index (χ3n) is 5.01. The summed E-state index contributed by atoms with van der Waals surface area (Å²) in [5, 5.41) is 9.57. The first-order valence-corrected chi connectivity index (χ1v) is 9.24. The van der Waals surface area contributed by atoms with Gasteiger partial charge in [-0.2, -0.15) is 0 Å². The largest absolute Gasteiger partial charge is 0.508 e. The maximum absolute atomic E-state index is 12.4. The second-order valence-electron chi connectivity index (χ2n) is 6.89. The first kappa shape index (κ1) is 18.7. The minimum atomic E-state index is -0.748. The van der Waals surface area contributed by atoms with Gasteiger partial charge in [-0.1, -0.05) is 44.9 Å². The topological polar surface area (TPSA) is 80.7 Å². The van der Waals surface area contributed by atoms with Gasteiger partial charge in [-0.25, -0.2) is 4.79 Å². The molecule has 1 fully saturated rings. The van der Waals surface area contributed by atoms with Crippen LogP contribution in [0.4, 0.5) is 0 Å². The number of carbonyl (C=O) groups is 3. The van der Waals surface area contributed by atoms with Crippen molar-refractivity contribution in [3.05, 3.63) is 11.3 Å². The van der Waals surface area contributed by atoms with Gasteiger partial charge in [0.05, 0.1) is 0 Å². The molecule has 2 aliphatic rings. The lowest BCUT2D eigenvalue weighted by molar-refractivity contribution is -0.137. The first-order valence-electron chi connectivity index (χ1n) is 9.24. The molecule has 1 N–H and O–H groups in total. The zero-order valence-electron chi connectivity index (χ0n) is 14.3. The fraction of sp³-hybridized carbons (Fsp3) is 0.737. The number of cyclic esters (lactones) is 1. The molecule has 0 aromatic carbocycles. The van der Waals surface area contributed by atoms with Gasteiger partial charge in [0.1, 0.15) is 23.7 Å². The van der Waals surface area contributed by atoms with Crippen LogP contribution in [0.15, 0.2) is 11.3 Å². The van der Waals surface area contributed by atoms with Crippen LogP contribution in [0.1, 0.15) is 77.0 Å². The molecule has 1 saturated carbocycles. The Morgan fingerprint density at radius 2 is 1.62 bits per heavy atom. The number of hydrogen-bond acceptors (Lipinski definition) is 5. The van der Waals surface area contributed by atoms with E-state index in [2.05, 4.69) is 4.74 Å². The maximum Gasteiger partial charge on any atom is 0.345 e. The summed E-state index contributed by atoms with van der Waals surface area (Å²) in [6, 6.07) is 0. The Morgan fingerprint density at radius 1 is 1.00 bits per heavy atom. The van der Waals surface area contributed by atoms with Crippen LogP contribution in [0.5, 0.6) is 0 Å². The fourth-order valence-corrected chi connectivity index (χ4v) is 3.52. The average molecular weight is 336 g/mol. The van der Waals surface area contributed by atoms with Gasteiger partial charge in [0.25, 0.3) is 0 Å². The Morgan fingerprint density at radius 3 is 2.25 bits per heavy atom. The third-order valence-corrected chi connectivity index (χ3v) is 5.01. The highest BCUT2D eigenvalue weighted by Crippen LogP contribution is 2.24. The monoisotopic (exact) mass is 336 g/mol. The number of aliphatic hydroxyl groups is 1. The fourth-order valence-electron chi connectivity index (χ4n) is 3.52. The number of aliphatic hydroxyl groups excluding tert-OH is 1. The van der Waals surface area contributed by atoms with Crippen LogP contribution in [-0.4, -0.2) is 29.2 Å². The quantitative estimate of drug-likeness (QED) is 0.624. The predicted molar refractivity (Wildman–Crippen MR) is 89.5 cm³/mol. The Kier molecular flexibility index (Phi) is 7.47. The van der Waals surface area contributed by atoms with E-state index in [0.717, 1.165) is 32.1 Å². The van der Waals surface area contributed by atoms with E-state index in [-0.39, 0.29) is 36.1 Å². The van der Waals surface area contributed by atoms with E-state index in [0.29, 0.717) is 12.8 Å². The van der Waals surface area contributed by atoms with Gasteiger partial charge in [-0.15, -0.1) is 0 Å². The molecule has 1 aliphatic carbocycles. The summed E-state index contributed by atoms with van der Waals surface area (Å²) >= 11 is 0. The van der Waals surface area contributed by atoms with Crippen molar-refractivity contribution in [1.82, 2.24) is 0 Å². The highest BCUT2D eigenvalue weighted by molar-refractivity contribution is 6.18. The van der Waals surface area contributed by atoms with Crippen molar-refractivity contribution in [2.75, 3.05) is 6.61 Å². The molecule has 0 bridgehead atoms. The summed E-state index contributed by atoms with van der Waals surface area (Å²) in [5.41, 5.74) is -0.226. The van der Waals surface area contributed by atoms with Gasteiger partial charge >= 0.3 is 5.97 Å². The smallest absolute Gasteiger partial charge is 0.345 e. The van der Waals surface area contributed by atoms with Crippen LogP contribution in [0.2, 0.25) is 0 Å². The predicted octanol–water partition coefficient (Wildman–Crippen LogP) is 3.80. The van der Waals surface area contributed by atoms with Crippen molar-refractivity contribution in [3.8, 4) is 0 Å². The lowest BCUT2D eigenvalue weighted by atomic mass is 9.87. The Balaban J connectivity index is 1.89. The number of Topliss-reactive ketones (excluding diaryl/α,β-unsaturated/α-hetero) is 2. The highest BCUT2D eigenvalue weighted by Gasteiger charge is 2.31. The van der Waals surface area contributed by atoms with E-state index in [1.807, 2.05) is 0 Å². The molecule has 1 heterocycles. The molecule has 2 rings (SSSR count). The summed E-state index contributed by atoms with van der Waals surface area (Å²) in [6.07, 6.45) is 11.1. The molecule has 5 heteroatoms. The molecule has 0 radical (unpaired) electrons. The molecule has 0 saturated heterocycles. The SMILES string of the molecule is O=C(CCC1CCCCCCCCCCC1=O)C1=C(O)COC1=O. The molecule has 0 aromatic heterocycles. The van der Waals surface area contributed by atoms with Gasteiger partial charge in [-0.05, 0) is 19.3 Å². The summed E-state index contributed by atoms with van der Waals surface area (Å²) in [4.78, 5) is 36.1. The van der Waals surface area contributed by atoms with Gasteiger partial charge in [-0.3, -0.25) is 9.59 Å². The lowest BCUT2D eigenvalue weighted by Crippen LogP contribution is -2.18. The molecule has 1 aliphatic heterocycles. The van der Waals surface area contributed by atoms with Gasteiger partial charge in [0.15, 0.2) is 5.78 Å². The number of carbonyl (C=O) groups excluding carboxylic acids is 3. The van der Waals surface area contributed by atoms with Crippen LogP contribution in [0.3, 0.4) is 0 Å². The van der Waals surface area contributed by atoms with Crippen LogP contribution in [0, 0.1) is 5.92 Å². The summed E-state index contributed by atoms with van der Waals surface area (Å²) in [6.45, 7) is -0.220. The lowest BCUT2D eigenvalue weighted by Gasteiger charge is -2.16. The van der Waals surface area contributed by atoms with Crippen molar-refractivity contribution < 1.29 is 24.2 Å². The van der Waals surface area contributed by atoms with Crippen molar-refractivity contribution >= 4 is 17.5 Å². The Labute approximate surface area is 143 Å². The molecule has 134 valence electrons. The number of rotatable bonds is 4. The molecule has 1 unspecified atom stereocenters. The van der Waals surface area contributed by atoms with E-state index in [9.17, 15) is 19.5 Å². The molecular weight excluding hydrogens is 308 g/mol. The molecule has 0 aromatic rings. The maximum atomic E-state index is 12.4. The number of ether oxygens (including phenoxy) is 1. The third kappa shape index (κ3) is 5.46. The van der Waals surface area contributed by atoms with Crippen molar-refractivity contribution in [3.63, 3.8) is 0 Å². The van der Waals surface area contributed by atoms with Crippen molar-refractivity contribution in [1.29, 1.82) is 0 Å². The van der Waals surface area contributed by atoms with E-state index in [4.69, 9.17) is 0 Å². The zero-order valence-corrected chi connectivity index (χ0v) is 14.3. The minimum Gasteiger partial charge on any atom is -0.508 e.